The second-order valence-electron chi connectivity index (χ2n) is 8.61. The molecule has 1 unspecified atom stereocenters. The summed E-state index contributed by atoms with van der Waals surface area (Å²) in [4.78, 5) is 33.5. The molecule has 4 rings (SSSR count). The Kier molecular flexibility index (Phi) is 6.81. The number of pyridine rings is 1. The number of nitrogens with one attached hydrogen (secondary N) is 1. The number of aliphatic imine (C=N–C) groups is 1. The molecule has 0 aliphatic heterocycles. The van der Waals surface area contributed by atoms with Gasteiger partial charge in [0.25, 0.3) is 5.91 Å². The maximum Gasteiger partial charge on any atom is 0.269 e. The predicted octanol–water partition coefficient (Wildman–Crippen LogP) is 5.03. The molecule has 0 saturated carbocycles. The predicted molar refractivity (Wildman–Crippen MR) is 145 cm³/mol. The van der Waals surface area contributed by atoms with E-state index in [2.05, 4.69) is 15.3 Å². The van der Waals surface area contributed by atoms with E-state index in [9.17, 15) is 9.59 Å². The Labute approximate surface area is 213 Å². The smallest absolute Gasteiger partial charge is 0.269 e. The zero-order valence-corrected chi connectivity index (χ0v) is 21.1. The first-order chi connectivity index (χ1) is 17.1. The van der Waals surface area contributed by atoms with Crippen molar-refractivity contribution in [2.75, 3.05) is 18.1 Å². The topological polar surface area (TPSA) is 137 Å². The lowest BCUT2D eigenvalue weighted by molar-refractivity contribution is 0.0996. The molecule has 184 valence electrons. The number of hydrogen-bond donors (Lipinski definition) is 3. The van der Waals surface area contributed by atoms with Gasteiger partial charge in [-0.05, 0) is 62.7 Å². The van der Waals surface area contributed by atoms with Crippen molar-refractivity contribution in [3.63, 3.8) is 0 Å². The SMILES string of the molecule is CN=Cc1cc(-c2oc3c(C(C)Nc4ccc(Cl)nc4C(N)=O)cc(C)cc3c(=O)c2C)ccc1N. The number of benzene rings is 2. The van der Waals surface area contributed by atoms with Crippen molar-refractivity contribution < 1.29 is 9.21 Å². The van der Waals surface area contributed by atoms with Crippen LogP contribution >= 0.6 is 11.6 Å². The zero-order chi connectivity index (χ0) is 26.1. The average Bonchev–Trinajstić information content (AvgIpc) is 2.83. The van der Waals surface area contributed by atoms with Gasteiger partial charge in [-0.1, -0.05) is 17.7 Å². The molecule has 4 aromatic rings. The highest BCUT2D eigenvalue weighted by molar-refractivity contribution is 6.29. The minimum Gasteiger partial charge on any atom is -0.455 e. The normalized spacial score (nSPS) is 12.2. The molecule has 1 amide bonds. The van der Waals surface area contributed by atoms with E-state index in [0.717, 1.165) is 16.7 Å². The number of carbonyl (C=O) groups is 1. The number of rotatable bonds is 6. The molecule has 0 saturated heterocycles. The van der Waals surface area contributed by atoms with E-state index in [4.69, 9.17) is 27.5 Å². The van der Waals surface area contributed by atoms with Gasteiger partial charge in [-0.2, -0.15) is 0 Å². The van der Waals surface area contributed by atoms with E-state index >= 15 is 0 Å². The van der Waals surface area contributed by atoms with Crippen LogP contribution in [-0.4, -0.2) is 24.2 Å². The van der Waals surface area contributed by atoms with Crippen LogP contribution in [0.4, 0.5) is 11.4 Å². The standard InChI is InChI=1S/C27H26ClN5O3/c1-13-9-18(15(3)32-21-7-8-22(28)33-23(21)27(30)35)26-19(10-13)24(34)14(2)25(36-26)16-5-6-20(29)17(11-16)12-31-4/h5-12,15,32H,29H2,1-4H3,(H2,30,35). The first kappa shape index (κ1) is 24.9. The summed E-state index contributed by atoms with van der Waals surface area (Å²) < 4.78 is 6.42. The highest BCUT2D eigenvalue weighted by Gasteiger charge is 2.21. The van der Waals surface area contributed by atoms with E-state index in [-0.39, 0.29) is 22.3 Å². The fourth-order valence-electron chi connectivity index (χ4n) is 4.18. The van der Waals surface area contributed by atoms with Crippen LogP contribution in [0.5, 0.6) is 0 Å². The lowest BCUT2D eigenvalue weighted by Crippen LogP contribution is -2.18. The number of fused-ring (bicyclic) bond motifs is 1. The van der Waals surface area contributed by atoms with Crippen molar-refractivity contribution in [1.29, 1.82) is 0 Å². The fraction of sp³-hybridized carbons (Fsp3) is 0.185. The van der Waals surface area contributed by atoms with Crippen LogP contribution in [0.2, 0.25) is 5.15 Å². The van der Waals surface area contributed by atoms with Crippen LogP contribution in [0.25, 0.3) is 22.3 Å². The Bertz CT molecular complexity index is 1590. The Hall–Kier alpha value is -4.17. The summed E-state index contributed by atoms with van der Waals surface area (Å²) in [5.74, 6) is -0.262. The molecule has 0 fully saturated rings. The highest BCUT2D eigenvalue weighted by atomic mass is 35.5. The summed E-state index contributed by atoms with van der Waals surface area (Å²) in [6, 6.07) is 12.0. The van der Waals surface area contributed by atoms with Crippen molar-refractivity contribution in [1.82, 2.24) is 4.98 Å². The average molecular weight is 504 g/mol. The van der Waals surface area contributed by atoms with Crippen molar-refractivity contribution in [3.05, 3.63) is 85.8 Å². The summed E-state index contributed by atoms with van der Waals surface area (Å²) >= 11 is 5.95. The molecule has 0 bridgehead atoms. The maximum absolute atomic E-state index is 13.4. The van der Waals surface area contributed by atoms with Gasteiger partial charge in [-0.15, -0.1) is 0 Å². The Morgan fingerprint density at radius 2 is 1.94 bits per heavy atom. The van der Waals surface area contributed by atoms with Crippen molar-refractivity contribution in [2.24, 2.45) is 10.7 Å². The third-order valence-corrected chi connectivity index (χ3v) is 6.15. The fourth-order valence-corrected chi connectivity index (χ4v) is 4.33. The molecule has 2 aromatic heterocycles. The third kappa shape index (κ3) is 4.67. The number of aromatic nitrogens is 1. The molecule has 9 heteroatoms. The van der Waals surface area contributed by atoms with E-state index in [1.54, 1.807) is 38.4 Å². The Morgan fingerprint density at radius 3 is 2.64 bits per heavy atom. The second kappa shape index (κ2) is 9.83. The van der Waals surface area contributed by atoms with E-state index in [1.807, 2.05) is 38.1 Å². The van der Waals surface area contributed by atoms with Crippen molar-refractivity contribution in [2.45, 2.75) is 26.8 Å². The molecule has 0 aliphatic rings. The zero-order valence-electron chi connectivity index (χ0n) is 20.3. The molecule has 0 spiro atoms. The van der Waals surface area contributed by atoms with Gasteiger partial charge in [0, 0.05) is 41.2 Å². The summed E-state index contributed by atoms with van der Waals surface area (Å²) in [5.41, 5.74) is 16.5. The van der Waals surface area contributed by atoms with Gasteiger partial charge in [-0.25, -0.2) is 4.98 Å². The second-order valence-corrected chi connectivity index (χ2v) is 8.99. The number of aryl methyl sites for hydroxylation is 1. The minimum absolute atomic E-state index is 0.0243. The van der Waals surface area contributed by atoms with Crippen LogP contribution in [0, 0.1) is 13.8 Å². The number of carbonyl (C=O) groups excluding carboxylic acids is 1. The third-order valence-electron chi connectivity index (χ3n) is 5.94. The Balaban J connectivity index is 1.90. The molecule has 0 radical (unpaired) electrons. The molecule has 2 heterocycles. The van der Waals surface area contributed by atoms with Crippen LogP contribution in [-0.2, 0) is 0 Å². The van der Waals surface area contributed by atoms with Gasteiger partial charge < -0.3 is 21.2 Å². The molecule has 8 nitrogen and oxygen atoms in total. The van der Waals surface area contributed by atoms with Gasteiger partial charge in [-0.3, -0.25) is 14.6 Å². The lowest BCUT2D eigenvalue weighted by Gasteiger charge is -2.20. The van der Waals surface area contributed by atoms with Crippen LogP contribution in [0.3, 0.4) is 0 Å². The molecule has 0 aliphatic carbocycles. The van der Waals surface area contributed by atoms with Crippen molar-refractivity contribution in [3.8, 4) is 11.3 Å². The number of nitrogens with two attached hydrogens (primary N) is 2. The molecule has 1 atom stereocenters. The van der Waals surface area contributed by atoms with Gasteiger partial charge in [0.05, 0.1) is 17.1 Å². The van der Waals surface area contributed by atoms with Crippen LogP contribution < -0.4 is 22.2 Å². The maximum atomic E-state index is 13.4. The Morgan fingerprint density at radius 1 is 1.19 bits per heavy atom. The lowest BCUT2D eigenvalue weighted by atomic mass is 9.98. The van der Waals surface area contributed by atoms with Crippen LogP contribution in [0.1, 0.15) is 45.7 Å². The summed E-state index contributed by atoms with van der Waals surface area (Å²) in [6.07, 6.45) is 1.66. The number of anilines is 2. The highest BCUT2D eigenvalue weighted by Crippen LogP contribution is 2.33. The molecular formula is C27H26ClN5O3. The van der Waals surface area contributed by atoms with Gasteiger partial charge in [0.15, 0.2) is 11.1 Å². The first-order valence-corrected chi connectivity index (χ1v) is 11.6. The summed E-state index contributed by atoms with van der Waals surface area (Å²) in [6.45, 7) is 5.55. The number of halogens is 1. The number of nitrogen functional groups attached to an aromatic ring is 1. The minimum atomic E-state index is -0.708. The van der Waals surface area contributed by atoms with Gasteiger partial charge in [0.2, 0.25) is 0 Å². The monoisotopic (exact) mass is 503 g/mol. The van der Waals surface area contributed by atoms with Gasteiger partial charge >= 0.3 is 0 Å². The summed E-state index contributed by atoms with van der Waals surface area (Å²) in [7, 11) is 1.66. The number of hydrogen-bond acceptors (Lipinski definition) is 7. The van der Waals surface area contributed by atoms with E-state index in [1.165, 1.54) is 0 Å². The molecule has 2 aromatic carbocycles. The van der Waals surface area contributed by atoms with Crippen LogP contribution in [0.15, 0.2) is 56.7 Å². The molecule has 36 heavy (non-hydrogen) atoms. The summed E-state index contributed by atoms with van der Waals surface area (Å²) in [5, 5.41) is 3.89. The van der Waals surface area contributed by atoms with E-state index in [0.29, 0.717) is 39.2 Å². The van der Waals surface area contributed by atoms with E-state index < -0.39 is 5.91 Å². The number of amides is 1. The number of primary amides is 1. The molecular weight excluding hydrogens is 478 g/mol. The largest absolute Gasteiger partial charge is 0.455 e. The molecule has 5 N–H and O–H groups in total. The quantitative estimate of drug-likeness (QED) is 0.192. The van der Waals surface area contributed by atoms with Gasteiger partial charge in [0.1, 0.15) is 16.5 Å². The van der Waals surface area contributed by atoms with Crippen molar-refractivity contribution >= 4 is 46.1 Å². The number of nitrogens with zero attached hydrogens (tertiary/aromatic N) is 2. The first-order valence-electron chi connectivity index (χ1n) is 11.2.